The first kappa shape index (κ1) is 16.6. The third kappa shape index (κ3) is 4.37. The maximum Gasteiger partial charge on any atom is 0.215 e. The topological polar surface area (TPSA) is 63.4 Å². The lowest BCUT2D eigenvalue weighted by Gasteiger charge is -2.37. The zero-order valence-corrected chi connectivity index (χ0v) is 14.3. The Kier molecular flexibility index (Phi) is 5.57. The Morgan fingerprint density at radius 1 is 1.29 bits per heavy atom. The molecule has 0 radical (unpaired) electrons. The van der Waals surface area contributed by atoms with Gasteiger partial charge < -0.3 is 5.73 Å². The van der Waals surface area contributed by atoms with E-state index in [1.807, 2.05) is 38.1 Å². The van der Waals surface area contributed by atoms with Gasteiger partial charge in [-0.05, 0) is 44.9 Å². The van der Waals surface area contributed by atoms with Crippen LogP contribution in [0.4, 0.5) is 5.69 Å². The van der Waals surface area contributed by atoms with Crippen molar-refractivity contribution >= 4 is 27.5 Å². The van der Waals surface area contributed by atoms with Gasteiger partial charge in [0.15, 0.2) is 0 Å². The molecule has 1 fully saturated rings. The number of nitrogen functional groups attached to an aromatic ring is 1. The molecule has 6 heteroatoms. The Bertz CT molecular complexity index is 565. The van der Waals surface area contributed by atoms with Gasteiger partial charge in [0.1, 0.15) is 0 Å². The highest BCUT2D eigenvalue weighted by atomic mass is 32.2. The molecule has 2 rings (SSSR count). The number of thioether (sulfide) groups is 1. The molecular weight excluding hydrogens is 304 g/mol. The van der Waals surface area contributed by atoms with Crippen LogP contribution >= 0.6 is 11.8 Å². The first-order valence-electron chi connectivity index (χ1n) is 7.40. The van der Waals surface area contributed by atoms with Crippen LogP contribution in [-0.2, 0) is 10.0 Å². The summed E-state index contributed by atoms with van der Waals surface area (Å²) in [5, 5.41) is 0. The summed E-state index contributed by atoms with van der Waals surface area (Å²) in [4.78, 5) is 1.02. The van der Waals surface area contributed by atoms with Crippen molar-refractivity contribution in [1.82, 2.24) is 4.31 Å². The molecule has 1 aromatic carbocycles. The molecule has 0 bridgehead atoms. The number of benzene rings is 1. The Balaban J connectivity index is 1.94. The lowest BCUT2D eigenvalue weighted by molar-refractivity contribution is 0.204. The number of nitrogens with zero attached hydrogens (tertiary/aromatic N) is 1. The molecule has 1 aromatic rings. The van der Waals surface area contributed by atoms with Crippen molar-refractivity contribution in [3.05, 3.63) is 24.3 Å². The van der Waals surface area contributed by atoms with Crippen LogP contribution in [0.15, 0.2) is 29.2 Å². The fourth-order valence-electron chi connectivity index (χ4n) is 2.92. The van der Waals surface area contributed by atoms with Crippen molar-refractivity contribution in [3.8, 4) is 0 Å². The second-order valence-electron chi connectivity index (χ2n) is 5.70. The van der Waals surface area contributed by atoms with Gasteiger partial charge in [-0.15, -0.1) is 11.8 Å². The van der Waals surface area contributed by atoms with E-state index < -0.39 is 10.0 Å². The minimum atomic E-state index is -3.18. The smallest absolute Gasteiger partial charge is 0.215 e. The summed E-state index contributed by atoms with van der Waals surface area (Å²) < 4.78 is 26.8. The van der Waals surface area contributed by atoms with E-state index in [1.165, 1.54) is 0 Å². The number of nitrogens with two attached hydrogens (primary N) is 1. The van der Waals surface area contributed by atoms with Gasteiger partial charge in [0.25, 0.3) is 0 Å². The van der Waals surface area contributed by atoms with E-state index >= 15 is 0 Å². The Morgan fingerprint density at radius 3 is 2.57 bits per heavy atom. The summed E-state index contributed by atoms with van der Waals surface area (Å²) in [6, 6.07) is 7.80. The molecule has 0 aromatic heterocycles. The van der Waals surface area contributed by atoms with E-state index in [2.05, 4.69) is 0 Å². The Labute approximate surface area is 132 Å². The Hall–Kier alpha value is -0.720. The van der Waals surface area contributed by atoms with Gasteiger partial charge >= 0.3 is 0 Å². The third-order valence-electron chi connectivity index (χ3n) is 3.90. The fourth-order valence-corrected chi connectivity index (χ4v) is 6.24. The number of hydrogen-bond acceptors (Lipinski definition) is 4. The van der Waals surface area contributed by atoms with E-state index in [4.69, 9.17) is 5.73 Å². The van der Waals surface area contributed by atoms with Crippen LogP contribution in [-0.4, -0.2) is 36.3 Å². The summed E-state index contributed by atoms with van der Waals surface area (Å²) in [6.45, 7) is 4.02. The molecule has 0 aliphatic carbocycles. The van der Waals surface area contributed by atoms with Gasteiger partial charge in [-0.3, -0.25) is 0 Å². The van der Waals surface area contributed by atoms with Crippen LogP contribution in [0.2, 0.25) is 0 Å². The van der Waals surface area contributed by atoms with Gasteiger partial charge in [-0.25, -0.2) is 8.42 Å². The maximum atomic E-state index is 12.6. The molecule has 118 valence electrons. The molecule has 21 heavy (non-hydrogen) atoms. The molecule has 4 nitrogen and oxygen atoms in total. The van der Waals surface area contributed by atoms with Crippen molar-refractivity contribution in [2.24, 2.45) is 0 Å². The largest absolute Gasteiger partial charge is 0.399 e. The summed E-state index contributed by atoms with van der Waals surface area (Å²) in [5.74, 6) is 0.739. The number of rotatable bonds is 5. The molecule has 1 aliphatic heterocycles. The van der Waals surface area contributed by atoms with Crippen molar-refractivity contribution in [3.63, 3.8) is 0 Å². The molecular formula is C15H24N2O2S2. The van der Waals surface area contributed by atoms with Crippen molar-refractivity contribution in [1.29, 1.82) is 0 Å². The third-order valence-corrected chi connectivity index (χ3v) is 7.24. The van der Waals surface area contributed by atoms with E-state index in [9.17, 15) is 8.42 Å². The lowest BCUT2D eigenvalue weighted by Crippen LogP contribution is -2.48. The zero-order valence-electron chi connectivity index (χ0n) is 12.7. The molecule has 1 heterocycles. The minimum Gasteiger partial charge on any atom is -0.399 e. The SMILES string of the molecule is CC1CCCC(C)N1S(=O)(=O)CCSc1cccc(N)c1. The van der Waals surface area contributed by atoms with Crippen LogP contribution in [0.1, 0.15) is 33.1 Å². The summed E-state index contributed by atoms with van der Waals surface area (Å²) in [6.07, 6.45) is 3.05. The van der Waals surface area contributed by atoms with E-state index in [-0.39, 0.29) is 17.8 Å². The van der Waals surface area contributed by atoms with Gasteiger partial charge in [-0.1, -0.05) is 12.5 Å². The summed E-state index contributed by atoms with van der Waals surface area (Å²) >= 11 is 1.54. The van der Waals surface area contributed by atoms with Crippen LogP contribution in [0.25, 0.3) is 0 Å². The first-order chi connectivity index (χ1) is 9.90. The second kappa shape index (κ2) is 7.03. The highest BCUT2D eigenvalue weighted by Crippen LogP contribution is 2.27. The average Bonchev–Trinajstić information content (AvgIpc) is 2.38. The number of anilines is 1. The van der Waals surface area contributed by atoms with E-state index in [1.54, 1.807) is 16.1 Å². The lowest BCUT2D eigenvalue weighted by atomic mass is 10.0. The van der Waals surface area contributed by atoms with Crippen molar-refractivity contribution in [2.45, 2.75) is 50.1 Å². The first-order valence-corrected chi connectivity index (χ1v) is 9.99. The molecule has 0 spiro atoms. The molecule has 2 N–H and O–H groups in total. The van der Waals surface area contributed by atoms with Crippen LogP contribution in [0.5, 0.6) is 0 Å². The number of hydrogen-bond donors (Lipinski definition) is 1. The highest BCUT2D eigenvalue weighted by Gasteiger charge is 2.33. The summed E-state index contributed by atoms with van der Waals surface area (Å²) in [5.41, 5.74) is 6.44. The molecule has 1 saturated heterocycles. The number of piperidine rings is 1. The average molecular weight is 329 g/mol. The Morgan fingerprint density at radius 2 is 1.95 bits per heavy atom. The van der Waals surface area contributed by atoms with Gasteiger partial charge in [0.2, 0.25) is 10.0 Å². The van der Waals surface area contributed by atoms with Gasteiger partial charge in [0.05, 0.1) is 5.75 Å². The maximum absolute atomic E-state index is 12.6. The molecule has 2 unspecified atom stereocenters. The summed E-state index contributed by atoms with van der Waals surface area (Å²) in [7, 11) is -3.18. The minimum absolute atomic E-state index is 0.121. The van der Waals surface area contributed by atoms with Crippen LogP contribution in [0.3, 0.4) is 0 Å². The quantitative estimate of drug-likeness (QED) is 0.667. The van der Waals surface area contributed by atoms with Gasteiger partial charge in [0, 0.05) is 28.4 Å². The van der Waals surface area contributed by atoms with Crippen LogP contribution < -0.4 is 5.73 Å². The second-order valence-corrected chi connectivity index (χ2v) is 8.86. The van der Waals surface area contributed by atoms with E-state index in [0.29, 0.717) is 11.4 Å². The molecule has 0 amide bonds. The monoisotopic (exact) mass is 328 g/mol. The molecule has 1 aliphatic rings. The fraction of sp³-hybridized carbons (Fsp3) is 0.600. The van der Waals surface area contributed by atoms with E-state index in [0.717, 1.165) is 24.2 Å². The van der Waals surface area contributed by atoms with Crippen molar-refractivity contribution in [2.75, 3.05) is 17.2 Å². The standard InChI is InChI=1S/C15H24N2O2S2/c1-12-5-3-6-13(2)17(12)21(18,19)10-9-20-15-8-4-7-14(16)11-15/h4,7-8,11-13H,3,5-6,9-10,16H2,1-2H3. The normalized spacial score (nSPS) is 24.1. The molecule has 2 atom stereocenters. The predicted octanol–water partition coefficient (Wildman–Crippen LogP) is 2.95. The number of sulfonamides is 1. The molecule has 0 saturated carbocycles. The highest BCUT2D eigenvalue weighted by molar-refractivity contribution is 8.00. The predicted molar refractivity (Wildman–Crippen MR) is 90.0 cm³/mol. The van der Waals surface area contributed by atoms with Gasteiger partial charge in [-0.2, -0.15) is 4.31 Å². The zero-order chi connectivity index (χ0) is 15.5. The van der Waals surface area contributed by atoms with Crippen LogP contribution in [0, 0.1) is 0 Å². The van der Waals surface area contributed by atoms with Crippen molar-refractivity contribution < 1.29 is 8.42 Å².